The Bertz CT molecular complexity index is 770. The standard InChI is InChI=1S/2C11H13.C2H6Si.2ClH.Ti/c2*1-8-6-10-5-3-4-9(2)11(10)7-8;1-3-2;;;/h2*7H,3-5H2,1-2H3;1-2H3;2*1H;/q2*-1;;;;+2/p-2. The van der Waals surface area contributed by atoms with Crippen molar-refractivity contribution < 1.29 is 14.5 Å². The molecule has 28 heavy (non-hydrogen) atoms. The predicted molar refractivity (Wildman–Crippen MR) is 123 cm³/mol. The summed E-state index contributed by atoms with van der Waals surface area (Å²) in [4.78, 5) is 0. The molecule has 4 rings (SSSR count). The van der Waals surface area contributed by atoms with Crippen molar-refractivity contribution in [1.29, 1.82) is 0 Å². The molecule has 0 amide bonds. The molecule has 0 fully saturated rings. The molecule has 0 aromatic heterocycles. The summed E-state index contributed by atoms with van der Waals surface area (Å²) in [5.41, 5.74) is 11.6. The molecule has 0 nitrogen and oxygen atoms in total. The average molecular weight is 467 g/mol. The summed E-state index contributed by atoms with van der Waals surface area (Å²) in [6, 6.07) is 0. The molecule has 0 aliphatic heterocycles. The van der Waals surface area contributed by atoms with E-state index >= 15 is 0 Å². The van der Waals surface area contributed by atoms with Crippen molar-refractivity contribution in [3.63, 3.8) is 0 Å². The van der Waals surface area contributed by atoms with Crippen LogP contribution < -0.4 is 0 Å². The SMILES string of the molecule is CC1=CC2=C(C)CCCC2=[C-]1.CC1=CC2=C(C)CCCC2=[C-]1.C[Si](C)=[Ti]([Cl])[Cl]. The Morgan fingerprint density at radius 1 is 0.750 bits per heavy atom. The van der Waals surface area contributed by atoms with E-state index < -0.39 is 14.5 Å². The van der Waals surface area contributed by atoms with E-state index in [0.717, 1.165) is 0 Å². The Kier molecular flexibility index (Phi) is 9.84. The fourth-order valence-electron chi connectivity index (χ4n) is 3.78. The van der Waals surface area contributed by atoms with Crippen molar-refractivity contribution in [2.24, 2.45) is 0 Å². The summed E-state index contributed by atoms with van der Waals surface area (Å²) in [6.07, 6.45) is 18.8. The number of halogens is 2. The van der Waals surface area contributed by atoms with Gasteiger partial charge in [0.2, 0.25) is 0 Å². The fourth-order valence-corrected chi connectivity index (χ4v) is 3.78. The first-order chi connectivity index (χ1) is 13.2. The number of rotatable bonds is 0. The van der Waals surface area contributed by atoms with Gasteiger partial charge in [-0.2, -0.15) is 45.6 Å². The van der Waals surface area contributed by atoms with Gasteiger partial charge in [0.25, 0.3) is 0 Å². The van der Waals surface area contributed by atoms with Crippen molar-refractivity contribution in [3.05, 3.63) is 68.9 Å². The summed E-state index contributed by atoms with van der Waals surface area (Å²) in [7, 11) is 11.2. The van der Waals surface area contributed by atoms with Crippen molar-refractivity contribution in [3.8, 4) is 0 Å². The summed E-state index contributed by atoms with van der Waals surface area (Å²) < 4.78 is 0. The molecule has 4 aliphatic rings. The first-order valence-corrected chi connectivity index (χ1v) is 19.3. The Labute approximate surface area is 186 Å². The molecule has 0 saturated carbocycles. The molecular weight excluding hydrogens is 435 g/mol. The third-order valence-corrected chi connectivity index (χ3v) is 19.0. The van der Waals surface area contributed by atoms with Gasteiger partial charge in [-0.15, -0.1) is 11.1 Å². The average Bonchev–Trinajstić information content (AvgIpc) is 3.19. The summed E-state index contributed by atoms with van der Waals surface area (Å²) >= 11 is -1.42. The molecule has 0 aromatic carbocycles. The van der Waals surface area contributed by atoms with E-state index in [1.54, 1.807) is 11.1 Å². The van der Waals surface area contributed by atoms with Crippen LogP contribution in [0.5, 0.6) is 0 Å². The number of hydrogen-bond acceptors (Lipinski definition) is 0. The molecule has 0 radical (unpaired) electrons. The van der Waals surface area contributed by atoms with Gasteiger partial charge in [-0.25, -0.2) is 12.2 Å². The second-order valence-electron chi connectivity index (χ2n) is 8.22. The van der Waals surface area contributed by atoms with Gasteiger partial charge in [-0.05, 0) is 25.7 Å². The summed E-state index contributed by atoms with van der Waals surface area (Å²) in [6.45, 7) is 13.0. The zero-order chi connectivity index (χ0) is 20.8. The molecule has 4 heteroatoms. The van der Waals surface area contributed by atoms with Crippen LogP contribution in [0.1, 0.15) is 66.2 Å². The van der Waals surface area contributed by atoms with Gasteiger partial charge >= 0.3 is 52.4 Å². The predicted octanol–water partition coefficient (Wildman–Crippen LogP) is 8.52. The Morgan fingerprint density at radius 2 is 1.11 bits per heavy atom. The zero-order valence-electron chi connectivity index (χ0n) is 18.2. The Balaban J connectivity index is 0.000000158. The van der Waals surface area contributed by atoms with Crippen molar-refractivity contribution >= 4 is 24.8 Å². The van der Waals surface area contributed by atoms with Crippen LogP contribution in [0.4, 0.5) is 0 Å². The molecule has 0 saturated heterocycles. The molecule has 0 aromatic rings. The third kappa shape index (κ3) is 7.03. The summed E-state index contributed by atoms with van der Waals surface area (Å²) in [5.74, 6) is 0. The summed E-state index contributed by atoms with van der Waals surface area (Å²) in [5, 5.41) is 0. The van der Waals surface area contributed by atoms with E-state index in [-0.39, 0.29) is 6.19 Å². The van der Waals surface area contributed by atoms with Crippen LogP contribution in [0.15, 0.2) is 56.7 Å². The first kappa shape index (κ1) is 24.2. The second-order valence-corrected chi connectivity index (χ2v) is 24.3. The van der Waals surface area contributed by atoms with Crippen molar-refractivity contribution in [2.45, 2.75) is 79.3 Å². The third-order valence-electron chi connectivity index (χ3n) is 5.32. The molecular formula is C24H32Cl2SiTi-2. The molecule has 152 valence electrons. The van der Waals surface area contributed by atoms with Gasteiger partial charge in [0, 0.05) is 0 Å². The number of hydrogen-bond donors (Lipinski definition) is 0. The van der Waals surface area contributed by atoms with Crippen LogP contribution >= 0.6 is 18.6 Å². The maximum atomic E-state index is 5.59. The molecule has 0 atom stereocenters. The molecule has 0 spiro atoms. The van der Waals surface area contributed by atoms with Crippen LogP contribution in [0.3, 0.4) is 0 Å². The Hall–Kier alpha value is -0.0488. The van der Waals surface area contributed by atoms with E-state index in [4.69, 9.17) is 18.6 Å². The number of allylic oxidation sites excluding steroid dienone is 12. The van der Waals surface area contributed by atoms with Gasteiger partial charge in [0.1, 0.15) is 0 Å². The topological polar surface area (TPSA) is 0 Å². The normalized spacial score (nSPS) is 19.9. The van der Waals surface area contributed by atoms with Crippen molar-refractivity contribution in [2.75, 3.05) is 0 Å². The van der Waals surface area contributed by atoms with E-state index in [0.29, 0.717) is 0 Å². The van der Waals surface area contributed by atoms with E-state index in [1.807, 2.05) is 0 Å². The Morgan fingerprint density at radius 3 is 1.39 bits per heavy atom. The maximum absolute atomic E-state index is 5.59. The van der Waals surface area contributed by atoms with E-state index in [2.05, 4.69) is 65.1 Å². The van der Waals surface area contributed by atoms with Crippen LogP contribution in [-0.4, -0.2) is 6.19 Å². The molecule has 0 bridgehead atoms. The second kappa shape index (κ2) is 11.4. The fraction of sp³-hybridized carbons (Fsp3) is 0.500. The van der Waals surface area contributed by atoms with Crippen LogP contribution in [0, 0.1) is 12.2 Å². The molecule has 0 N–H and O–H groups in total. The van der Waals surface area contributed by atoms with Gasteiger partial charge in [0.05, 0.1) is 0 Å². The zero-order valence-corrected chi connectivity index (χ0v) is 22.2. The van der Waals surface area contributed by atoms with E-state index in [9.17, 15) is 0 Å². The molecule has 0 unspecified atom stereocenters. The van der Waals surface area contributed by atoms with Gasteiger partial charge in [0.15, 0.2) is 0 Å². The van der Waals surface area contributed by atoms with Crippen LogP contribution in [0.2, 0.25) is 13.1 Å². The van der Waals surface area contributed by atoms with E-state index in [1.165, 1.54) is 72.0 Å². The molecule has 0 heterocycles. The first-order valence-electron chi connectivity index (χ1n) is 10.2. The van der Waals surface area contributed by atoms with Crippen LogP contribution in [-0.2, 0) is 14.5 Å². The van der Waals surface area contributed by atoms with Gasteiger partial charge in [-0.1, -0.05) is 40.5 Å². The van der Waals surface area contributed by atoms with Gasteiger partial charge in [-0.3, -0.25) is 0 Å². The minimum absolute atomic E-state index is 0.254. The van der Waals surface area contributed by atoms with Crippen molar-refractivity contribution in [1.82, 2.24) is 0 Å². The quantitative estimate of drug-likeness (QED) is 0.247. The van der Waals surface area contributed by atoms with Crippen LogP contribution in [0.25, 0.3) is 0 Å². The molecule has 4 aliphatic carbocycles. The number of fused-ring (bicyclic) bond motifs is 2. The van der Waals surface area contributed by atoms with Gasteiger partial charge < -0.3 is 0 Å². The monoisotopic (exact) mass is 466 g/mol. The minimum atomic E-state index is -1.42.